The van der Waals surface area contributed by atoms with Crippen molar-refractivity contribution in [1.82, 2.24) is 15.1 Å². The summed E-state index contributed by atoms with van der Waals surface area (Å²) >= 11 is 6.37. The molecule has 2 aromatic heterocycles. The highest BCUT2D eigenvalue weighted by Gasteiger charge is 2.24. The Morgan fingerprint density at radius 3 is 2.80 bits per heavy atom. The quantitative estimate of drug-likeness (QED) is 0.841. The molecular formula is C15H22ClN3O. The summed E-state index contributed by atoms with van der Waals surface area (Å²) in [6, 6.07) is 2.03. The minimum atomic E-state index is 0.0234. The smallest absolute Gasteiger partial charge is 0.105 e. The van der Waals surface area contributed by atoms with Gasteiger partial charge in [0.1, 0.15) is 5.76 Å². The van der Waals surface area contributed by atoms with Crippen LogP contribution < -0.4 is 5.32 Å². The van der Waals surface area contributed by atoms with Crippen LogP contribution in [0, 0.1) is 6.92 Å². The van der Waals surface area contributed by atoms with Crippen LogP contribution in [0.2, 0.25) is 5.02 Å². The van der Waals surface area contributed by atoms with Crippen molar-refractivity contribution < 1.29 is 4.42 Å². The Labute approximate surface area is 125 Å². The Hall–Kier alpha value is -1.26. The molecule has 0 aliphatic rings. The molecule has 0 spiro atoms. The summed E-state index contributed by atoms with van der Waals surface area (Å²) in [4.78, 5) is 0. The van der Waals surface area contributed by atoms with E-state index in [1.54, 1.807) is 12.5 Å². The lowest BCUT2D eigenvalue weighted by atomic mass is 10.0. The zero-order valence-electron chi connectivity index (χ0n) is 12.3. The lowest BCUT2D eigenvalue weighted by Gasteiger charge is -2.20. The lowest BCUT2D eigenvalue weighted by Crippen LogP contribution is -2.26. The van der Waals surface area contributed by atoms with E-state index in [2.05, 4.69) is 24.3 Å². The van der Waals surface area contributed by atoms with Gasteiger partial charge in [-0.15, -0.1) is 0 Å². The summed E-state index contributed by atoms with van der Waals surface area (Å²) in [6.45, 7) is 8.05. The van der Waals surface area contributed by atoms with Gasteiger partial charge in [-0.05, 0) is 32.4 Å². The van der Waals surface area contributed by atoms with Gasteiger partial charge in [-0.3, -0.25) is 4.68 Å². The largest absolute Gasteiger partial charge is 0.469 e. The highest BCUT2D eigenvalue weighted by molar-refractivity contribution is 6.31. The molecule has 5 heteroatoms. The third-order valence-electron chi connectivity index (χ3n) is 3.35. The SMILES string of the molecule is CCCNC(c1ccoc1C)c1c(Cl)cnn1CCC. The first-order valence-electron chi connectivity index (χ1n) is 7.17. The lowest BCUT2D eigenvalue weighted by molar-refractivity contribution is 0.492. The van der Waals surface area contributed by atoms with Gasteiger partial charge < -0.3 is 9.73 Å². The van der Waals surface area contributed by atoms with E-state index in [0.29, 0.717) is 5.02 Å². The van der Waals surface area contributed by atoms with Gasteiger partial charge >= 0.3 is 0 Å². The van der Waals surface area contributed by atoms with E-state index >= 15 is 0 Å². The number of aromatic nitrogens is 2. The van der Waals surface area contributed by atoms with Gasteiger partial charge in [0.05, 0.1) is 29.2 Å². The fraction of sp³-hybridized carbons (Fsp3) is 0.533. The number of aryl methyl sites for hydroxylation is 2. The fourth-order valence-electron chi connectivity index (χ4n) is 2.39. The van der Waals surface area contributed by atoms with Crippen molar-refractivity contribution in [2.45, 2.75) is 46.2 Å². The predicted octanol–water partition coefficient (Wildman–Crippen LogP) is 3.94. The topological polar surface area (TPSA) is 43.0 Å². The van der Waals surface area contributed by atoms with Crippen LogP contribution in [0.1, 0.15) is 49.7 Å². The Kier molecular flexibility index (Phi) is 5.26. The average molecular weight is 296 g/mol. The summed E-state index contributed by atoms with van der Waals surface area (Å²) in [5.41, 5.74) is 2.14. The molecular weight excluding hydrogens is 274 g/mol. The number of rotatable bonds is 7. The van der Waals surface area contributed by atoms with Crippen molar-refractivity contribution in [3.8, 4) is 0 Å². The second-order valence-corrected chi connectivity index (χ2v) is 5.33. The van der Waals surface area contributed by atoms with Gasteiger partial charge in [0.25, 0.3) is 0 Å². The van der Waals surface area contributed by atoms with Gasteiger partial charge in [-0.1, -0.05) is 25.4 Å². The summed E-state index contributed by atoms with van der Waals surface area (Å²) in [7, 11) is 0. The second-order valence-electron chi connectivity index (χ2n) is 4.92. The van der Waals surface area contributed by atoms with Crippen LogP contribution in [0.15, 0.2) is 22.9 Å². The molecule has 0 aliphatic carbocycles. The van der Waals surface area contributed by atoms with Crippen molar-refractivity contribution in [2.24, 2.45) is 0 Å². The maximum atomic E-state index is 6.37. The van der Waals surface area contributed by atoms with Crippen LogP contribution in [0.4, 0.5) is 0 Å². The van der Waals surface area contributed by atoms with Crippen LogP contribution in [-0.2, 0) is 6.54 Å². The summed E-state index contributed by atoms with van der Waals surface area (Å²) in [5, 5.41) is 8.64. The third kappa shape index (κ3) is 3.07. The highest BCUT2D eigenvalue weighted by Crippen LogP contribution is 2.30. The van der Waals surface area contributed by atoms with Crippen LogP contribution in [-0.4, -0.2) is 16.3 Å². The summed E-state index contributed by atoms with van der Waals surface area (Å²) in [6.07, 6.45) is 5.53. The zero-order chi connectivity index (χ0) is 14.5. The molecule has 2 aromatic rings. The van der Waals surface area contributed by atoms with Gasteiger partial charge in [-0.2, -0.15) is 5.10 Å². The molecule has 0 aromatic carbocycles. The Bertz CT molecular complexity index is 547. The van der Waals surface area contributed by atoms with Crippen molar-refractivity contribution in [3.05, 3.63) is 40.6 Å². The monoisotopic (exact) mass is 295 g/mol. The average Bonchev–Trinajstić information content (AvgIpc) is 3.00. The Balaban J connectivity index is 2.41. The molecule has 0 amide bonds. The molecule has 1 unspecified atom stereocenters. The maximum absolute atomic E-state index is 6.37. The molecule has 110 valence electrons. The van der Waals surface area contributed by atoms with Crippen LogP contribution in [0.3, 0.4) is 0 Å². The highest BCUT2D eigenvalue weighted by atomic mass is 35.5. The number of nitrogens with one attached hydrogen (secondary N) is 1. The molecule has 0 bridgehead atoms. The molecule has 0 fully saturated rings. The molecule has 1 N–H and O–H groups in total. The number of halogens is 1. The van der Waals surface area contributed by atoms with E-state index in [4.69, 9.17) is 16.0 Å². The summed E-state index contributed by atoms with van der Waals surface area (Å²) in [5.74, 6) is 0.916. The maximum Gasteiger partial charge on any atom is 0.105 e. The minimum absolute atomic E-state index is 0.0234. The molecule has 0 saturated carbocycles. The Morgan fingerprint density at radius 2 is 2.20 bits per heavy atom. The molecule has 0 saturated heterocycles. The van der Waals surface area contributed by atoms with Crippen molar-refractivity contribution in [1.29, 1.82) is 0 Å². The first-order valence-corrected chi connectivity index (χ1v) is 7.55. The third-order valence-corrected chi connectivity index (χ3v) is 3.64. The van der Waals surface area contributed by atoms with E-state index in [1.807, 2.05) is 17.7 Å². The number of furan rings is 1. The van der Waals surface area contributed by atoms with E-state index in [0.717, 1.165) is 42.9 Å². The molecule has 0 aliphatic heterocycles. The van der Waals surface area contributed by atoms with Crippen LogP contribution >= 0.6 is 11.6 Å². The zero-order valence-corrected chi connectivity index (χ0v) is 13.1. The first kappa shape index (κ1) is 15.1. The molecule has 2 heterocycles. The Morgan fingerprint density at radius 1 is 1.40 bits per heavy atom. The van der Waals surface area contributed by atoms with Gasteiger partial charge in [0, 0.05) is 12.1 Å². The number of hydrogen-bond donors (Lipinski definition) is 1. The van der Waals surface area contributed by atoms with Gasteiger partial charge in [0.2, 0.25) is 0 Å². The summed E-state index contributed by atoms with van der Waals surface area (Å²) < 4.78 is 7.44. The standard InChI is InChI=1S/C15H22ClN3O/c1-4-7-17-14(12-6-9-20-11(12)3)15-13(16)10-18-19(15)8-5-2/h6,9-10,14,17H,4-5,7-8H2,1-3H3. The molecule has 4 nitrogen and oxygen atoms in total. The normalized spacial score (nSPS) is 12.8. The molecule has 20 heavy (non-hydrogen) atoms. The van der Waals surface area contributed by atoms with Gasteiger partial charge in [0.15, 0.2) is 0 Å². The number of hydrogen-bond acceptors (Lipinski definition) is 3. The van der Waals surface area contributed by atoms with Crippen LogP contribution in [0.5, 0.6) is 0 Å². The van der Waals surface area contributed by atoms with E-state index in [9.17, 15) is 0 Å². The van der Waals surface area contributed by atoms with Crippen molar-refractivity contribution >= 4 is 11.6 Å². The fourth-order valence-corrected chi connectivity index (χ4v) is 2.64. The predicted molar refractivity (Wildman–Crippen MR) is 81.1 cm³/mol. The van der Waals surface area contributed by atoms with E-state index in [-0.39, 0.29) is 6.04 Å². The molecule has 2 rings (SSSR count). The second kappa shape index (κ2) is 6.95. The van der Waals surface area contributed by atoms with E-state index < -0.39 is 0 Å². The number of nitrogens with zero attached hydrogens (tertiary/aromatic N) is 2. The minimum Gasteiger partial charge on any atom is -0.469 e. The molecule has 0 radical (unpaired) electrons. The molecule has 1 atom stereocenters. The van der Waals surface area contributed by atoms with Crippen molar-refractivity contribution in [2.75, 3.05) is 6.54 Å². The van der Waals surface area contributed by atoms with E-state index in [1.165, 1.54) is 0 Å². The van der Waals surface area contributed by atoms with Crippen molar-refractivity contribution in [3.63, 3.8) is 0 Å². The first-order chi connectivity index (χ1) is 9.69. The van der Waals surface area contributed by atoms with Gasteiger partial charge in [-0.25, -0.2) is 0 Å². The van der Waals surface area contributed by atoms with Crippen LogP contribution in [0.25, 0.3) is 0 Å².